The summed E-state index contributed by atoms with van der Waals surface area (Å²) in [4.78, 5) is 111. The molecule has 2 atom stereocenters. The summed E-state index contributed by atoms with van der Waals surface area (Å²) >= 11 is 6.95. The van der Waals surface area contributed by atoms with E-state index < -0.39 is 53.4 Å². The van der Waals surface area contributed by atoms with Crippen LogP contribution in [0.4, 0.5) is 8.78 Å². The zero-order valence-electron chi connectivity index (χ0n) is 42.5. The molecule has 0 bridgehead atoms. The van der Waals surface area contributed by atoms with Crippen molar-refractivity contribution in [3.63, 3.8) is 0 Å². The normalized spacial score (nSPS) is 15.1. The lowest BCUT2D eigenvalue weighted by molar-refractivity contribution is -0.144. The van der Waals surface area contributed by atoms with Crippen molar-refractivity contribution in [2.75, 3.05) is 51.8 Å². The van der Waals surface area contributed by atoms with E-state index in [2.05, 4.69) is 42.4 Å². The van der Waals surface area contributed by atoms with Crippen LogP contribution in [0.25, 0.3) is 0 Å². The maximum Gasteiger partial charge on any atom is 0.341 e. The Hall–Kier alpha value is -6.70. The third kappa shape index (κ3) is 26.4. The molecule has 2 heterocycles. The van der Waals surface area contributed by atoms with E-state index in [1.165, 1.54) is 40.2 Å². The monoisotopic (exact) mass is 1090 g/mol. The number of Topliss-reactive ketones (excluding diaryl/α,β-unsaturated/α-hetero) is 5. The van der Waals surface area contributed by atoms with Crippen LogP contribution in [0.2, 0.25) is 0 Å². The number of carbonyl (C=O) groups is 10. The van der Waals surface area contributed by atoms with Crippen LogP contribution in [-0.4, -0.2) is 128 Å². The molecule has 2 saturated heterocycles. The number of ether oxygens (including phenoxy) is 6. The molecule has 75 heavy (non-hydrogen) atoms. The number of alkyl halides is 3. The summed E-state index contributed by atoms with van der Waals surface area (Å²) in [6.45, 7) is 21.0. The van der Waals surface area contributed by atoms with Gasteiger partial charge in [0.25, 0.3) is 0 Å². The standard InChI is InChI=1S/C16H18O3S.C16H18O3.C10H14O4.C7H8F2O3.C6H7ClO3/c1-12(15(17)10-13-6-3-2-4-7-13)16(18)19-11-14-8-5-9-20-14;1-12(15(17)14-9-3-2-4-10-14)16(18)19-11-13-7-5-6-8-13;1-7(8(2)11)10(12)14-6-9-4-3-5-13-9;1-3-12-7(11)4(2)5(10)6(8)9;1-4(5(8)3-7)6(9)10-2/h2-4,6-7,14H,1,5,8-11H2;2-4,9-10,13H,1,5-8,11H2;9H,1,3-6H2,2H3;6H,2-3H2,1H3;1,3H2,2H3. The molecule has 20 heteroatoms. The van der Waals surface area contributed by atoms with E-state index in [-0.39, 0.29) is 71.3 Å². The van der Waals surface area contributed by atoms with E-state index in [1.807, 2.05) is 48.2 Å². The molecule has 1 aliphatic carbocycles. The minimum Gasteiger partial charge on any atom is -0.465 e. The largest absolute Gasteiger partial charge is 0.465 e. The van der Waals surface area contributed by atoms with Gasteiger partial charge in [0.15, 0.2) is 23.1 Å². The Balaban J connectivity index is 0.000000481. The Bertz CT molecular complexity index is 2310. The van der Waals surface area contributed by atoms with Crippen LogP contribution in [-0.2, 0) is 78.0 Å². The zero-order chi connectivity index (χ0) is 56.5. The summed E-state index contributed by atoms with van der Waals surface area (Å²) < 4.78 is 52.3. The molecule has 2 aliphatic heterocycles. The van der Waals surface area contributed by atoms with Crippen molar-refractivity contribution >= 4 is 82.1 Å². The summed E-state index contributed by atoms with van der Waals surface area (Å²) in [6, 6.07) is 18.0. The number of halogens is 3. The van der Waals surface area contributed by atoms with Gasteiger partial charge in [-0.25, -0.2) is 32.8 Å². The maximum absolute atomic E-state index is 12.0. The predicted molar refractivity (Wildman–Crippen MR) is 277 cm³/mol. The Labute approximate surface area is 445 Å². The summed E-state index contributed by atoms with van der Waals surface area (Å²) in [5.74, 6) is -5.42. The Morgan fingerprint density at radius 2 is 1.17 bits per heavy atom. The van der Waals surface area contributed by atoms with Crippen LogP contribution in [0.5, 0.6) is 0 Å². The van der Waals surface area contributed by atoms with Gasteiger partial charge in [0.2, 0.25) is 5.78 Å². The quantitative estimate of drug-likeness (QED) is 0.0206. The number of thioether (sulfide) groups is 1. The van der Waals surface area contributed by atoms with Gasteiger partial charge in [-0.1, -0.05) is 106 Å². The average Bonchev–Trinajstić information content (AvgIpc) is 4.27. The van der Waals surface area contributed by atoms with Crippen molar-refractivity contribution in [3.05, 3.63) is 133 Å². The summed E-state index contributed by atoms with van der Waals surface area (Å²) in [7, 11) is 1.18. The lowest BCUT2D eigenvalue weighted by Gasteiger charge is -2.10. The van der Waals surface area contributed by atoms with Crippen molar-refractivity contribution in [1.29, 1.82) is 0 Å². The van der Waals surface area contributed by atoms with Crippen LogP contribution in [0, 0.1) is 5.92 Å². The Morgan fingerprint density at radius 3 is 1.68 bits per heavy atom. The zero-order valence-corrected chi connectivity index (χ0v) is 44.1. The van der Waals surface area contributed by atoms with E-state index in [0.29, 0.717) is 29.9 Å². The van der Waals surface area contributed by atoms with Gasteiger partial charge in [-0.05, 0) is 69.6 Å². The average molecular weight is 1090 g/mol. The van der Waals surface area contributed by atoms with E-state index >= 15 is 0 Å². The highest BCUT2D eigenvalue weighted by atomic mass is 35.5. The van der Waals surface area contributed by atoms with Gasteiger partial charge in [0.1, 0.15) is 24.4 Å². The number of carbonyl (C=O) groups excluding carboxylic acids is 10. The van der Waals surface area contributed by atoms with Gasteiger partial charge in [-0.2, -0.15) is 11.8 Å². The van der Waals surface area contributed by atoms with E-state index in [9.17, 15) is 56.7 Å². The van der Waals surface area contributed by atoms with Crippen molar-refractivity contribution in [2.45, 2.75) is 89.4 Å². The first-order chi connectivity index (χ1) is 35.6. The van der Waals surface area contributed by atoms with Crippen molar-refractivity contribution in [3.8, 4) is 0 Å². The molecule has 3 fully saturated rings. The number of rotatable bonds is 22. The van der Waals surface area contributed by atoms with E-state index in [4.69, 9.17) is 30.5 Å². The van der Waals surface area contributed by atoms with Gasteiger partial charge in [-0.15, -0.1) is 11.6 Å². The van der Waals surface area contributed by atoms with Gasteiger partial charge >= 0.3 is 36.3 Å². The fourth-order valence-electron chi connectivity index (χ4n) is 6.29. The Kier molecular flexibility index (Phi) is 32.8. The second-order valence-electron chi connectivity index (χ2n) is 16.4. The topological polar surface area (TPSA) is 226 Å². The molecule has 1 saturated carbocycles. The van der Waals surface area contributed by atoms with Gasteiger partial charge in [0.05, 0.1) is 49.0 Å². The number of benzene rings is 2. The second kappa shape index (κ2) is 37.1. The SMILES string of the molecule is C=C(C(=O)CCl)C(=O)OC.C=C(C(=O)Cc1ccccc1)C(=O)OCC1CCCS1.C=C(C(=O)OCC)C(=O)C(F)F.C=C(C(=O)OCC1CCCC1)C(=O)c1ccccc1.C=C(C(C)=O)C(=O)OCC1CCCO1. The van der Waals surface area contributed by atoms with Crippen molar-refractivity contribution in [1.82, 2.24) is 0 Å². The highest BCUT2D eigenvalue weighted by Gasteiger charge is 2.26. The molecule has 408 valence electrons. The predicted octanol–water partition coefficient (Wildman–Crippen LogP) is 8.27. The van der Waals surface area contributed by atoms with Gasteiger partial charge in [-0.3, -0.25) is 24.0 Å². The smallest absolute Gasteiger partial charge is 0.341 e. The molecule has 5 rings (SSSR count). The molecule has 0 N–H and O–H groups in total. The number of hydrogen-bond acceptors (Lipinski definition) is 17. The van der Waals surface area contributed by atoms with Gasteiger partial charge in [0, 0.05) is 23.8 Å². The van der Waals surface area contributed by atoms with Crippen LogP contribution in [0.15, 0.2) is 121 Å². The van der Waals surface area contributed by atoms with Crippen LogP contribution in [0.1, 0.15) is 81.1 Å². The third-order valence-corrected chi connectivity index (χ3v) is 12.3. The molecule has 3 aliphatic rings. The fourth-order valence-corrected chi connectivity index (χ4v) is 7.62. The third-order valence-electron chi connectivity index (χ3n) is 10.7. The molecule has 16 nitrogen and oxygen atoms in total. The number of esters is 5. The van der Waals surface area contributed by atoms with E-state index in [0.717, 1.165) is 50.0 Å². The second-order valence-corrected chi connectivity index (χ2v) is 18.1. The minimum atomic E-state index is -3.21. The molecule has 2 unspecified atom stereocenters. The molecule has 0 amide bonds. The fraction of sp³-hybridized carbons (Fsp3) is 0.418. The number of ketones is 5. The number of hydrogen-bond donors (Lipinski definition) is 0. The minimum absolute atomic E-state index is 0.0151. The van der Waals surface area contributed by atoms with Crippen LogP contribution < -0.4 is 0 Å². The van der Waals surface area contributed by atoms with Crippen molar-refractivity contribution in [2.24, 2.45) is 5.92 Å². The summed E-state index contributed by atoms with van der Waals surface area (Å²) in [5, 5.41) is 0.371. The molecule has 2 aromatic carbocycles. The van der Waals surface area contributed by atoms with Crippen LogP contribution in [0.3, 0.4) is 0 Å². The van der Waals surface area contributed by atoms with Crippen molar-refractivity contribution < 1.29 is 85.1 Å². The lowest BCUT2D eigenvalue weighted by atomic mass is 10.0. The first kappa shape index (κ1) is 66.3. The molecule has 0 radical (unpaired) electrons. The van der Waals surface area contributed by atoms with E-state index in [1.54, 1.807) is 24.3 Å². The molecular weight excluding hydrogens is 1020 g/mol. The van der Waals surface area contributed by atoms with Crippen LogP contribution >= 0.6 is 23.4 Å². The van der Waals surface area contributed by atoms with Gasteiger partial charge < -0.3 is 28.4 Å². The molecular formula is C55H65ClF2O16S. The molecule has 0 spiro atoms. The highest BCUT2D eigenvalue weighted by molar-refractivity contribution is 8.00. The Morgan fingerprint density at radius 1 is 0.640 bits per heavy atom. The summed E-state index contributed by atoms with van der Waals surface area (Å²) in [5.41, 5.74) is 0.0523. The first-order valence-corrected chi connectivity index (χ1v) is 25.2. The molecule has 2 aromatic rings. The highest BCUT2D eigenvalue weighted by Crippen LogP contribution is 2.27. The summed E-state index contributed by atoms with van der Waals surface area (Å²) in [6.07, 6.45) is 5.71. The lowest BCUT2D eigenvalue weighted by Crippen LogP contribution is -2.20. The maximum atomic E-state index is 12.0. The number of methoxy groups -OCH3 is 1. The molecule has 0 aromatic heterocycles. The first-order valence-electron chi connectivity index (χ1n) is 23.6.